The van der Waals surface area contributed by atoms with Gasteiger partial charge in [0, 0.05) is 32.0 Å². The number of amides is 2. The Morgan fingerprint density at radius 3 is 2.47 bits per heavy atom. The van der Waals surface area contributed by atoms with E-state index in [4.69, 9.17) is 4.74 Å². The summed E-state index contributed by atoms with van der Waals surface area (Å²) >= 11 is 0. The van der Waals surface area contributed by atoms with Gasteiger partial charge in [0.25, 0.3) is 5.91 Å². The third-order valence-electron chi connectivity index (χ3n) is 2.43. The first-order valence-corrected chi connectivity index (χ1v) is 5.99. The van der Waals surface area contributed by atoms with Crippen molar-refractivity contribution in [2.24, 2.45) is 0 Å². The zero-order valence-corrected chi connectivity index (χ0v) is 11.2. The van der Waals surface area contributed by atoms with E-state index in [1.165, 1.54) is 0 Å². The van der Waals surface area contributed by atoms with Gasteiger partial charge in [-0.25, -0.2) is 0 Å². The van der Waals surface area contributed by atoms with E-state index in [2.05, 4.69) is 16.0 Å². The van der Waals surface area contributed by atoms with Gasteiger partial charge in [0.05, 0.1) is 13.2 Å². The molecule has 0 radical (unpaired) electrons. The van der Waals surface area contributed by atoms with Gasteiger partial charge in [-0.2, -0.15) is 0 Å². The molecule has 0 aromatic heterocycles. The molecule has 0 heterocycles. The average Bonchev–Trinajstić information content (AvgIpc) is 2.43. The second-order valence-electron chi connectivity index (χ2n) is 3.87. The molecule has 1 aromatic rings. The minimum Gasteiger partial charge on any atom is -0.383 e. The molecular formula is C13H19N3O3. The zero-order chi connectivity index (χ0) is 14.1. The van der Waals surface area contributed by atoms with Crippen LogP contribution in [-0.4, -0.2) is 45.7 Å². The molecule has 0 unspecified atom stereocenters. The van der Waals surface area contributed by atoms with E-state index in [0.29, 0.717) is 24.4 Å². The van der Waals surface area contributed by atoms with Crippen LogP contribution in [0.2, 0.25) is 0 Å². The molecule has 104 valence electrons. The molecule has 0 saturated heterocycles. The lowest BCUT2D eigenvalue weighted by Gasteiger charge is -2.07. The third kappa shape index (κ3) is 5.50. The maximum atomic E-state index is 11.6. The first-order chi connectivity index (χ1) is 9.17. The van der Waals surface area contributed by atoms with Crippen molar-refractivity contribution in [3.63, 3.8) is 0 Å². The van der Waals surface area contributed by atoms with E-state index in [-0.39, 0.29) is 18.4 Å². The van der Waals surface area contributed by atoms with Crippen LogP contribution in [0.5, 0.6) is 0 Å². The fourth-order valence-corrected chi connectivity index (χ4v) is 1.43. The van der Waals surface area contributed by atoms with Crippen LogP contribution in [0.4, 0.5) is 5.69 Å². The molecule has 0 fully saturated rings. The monoisotopic (exact) mass is 265 g/mol. The Morgan fingerprint density at radius 2 is 1.89 bits per heavy atom. The standard InChI is InChI=1S/C13H19N3O3/c1-14-13(18)10-3-5-11(6-4-10)16-12(17)9-15-7-8-19-2/h3-6,15H,7-9H2,1-2H3,(H,14,18)(H,16,17). The van der Waals surface area contributed by atoms with Gasteiger partial charge >= 0.3 is 0 Å². The fraction of sp³-hybridized carbons (Fsp3) is 0.385. The molecule has 2 amide bonds. The van der Waals surface area contributed by atoms with Gasteiger partial charge in [-0.05, 0) is 24.3 Å². The Hall–Kier alpha value is -1.92. The van der Waals surface area contributed by atoms with Crippen molar-refractivity contribution in [3.05, 3.63) is 29.8 Å². The van der Waals surface area contributed by atoms with Crippen LogP contribution in [0.1, 0.15) is 10.4 Å². The predicted octanol–water partition coefficient (Wildman–Crippen LogP) is 0.221. The second-order valence-corrected chi connectivity index (χ2v) is 3.87. The van der Waals surface area contributed by atoms with Crippen molar-refractivity contribution in [3.8, 4) is 0 Å². The Balaban J connectivity index is 2.40. The van der Waals surface area contributed by atoms with E-state index in [1.807, 2.05) is 0 Å². The number of carbonyl (C=O) groups excluding carboxylic acids is 2. The van der Waals surface area contributed by atoms with Crippen molar-refractivity contribution in [2.75, 3.05) is 39.2 Å². The lowest BCUT2D eigenvalue weighted by molar-refractivity contribution is -0.115. The first-order valence-electron chi connectivity index (χ1n) is 5.99. The van der Waals surface area contributed by atoms with E-state index in [1.54, 1.807) is 38.4 Å². The predicted molar refractivity (Wildman–Crippen MR) is 73.2 cm³/mol. The zero-order valence-electron chi connectivity index (χ0n) is 11.2. The third-order valence-corrected chi connectivity index (χ3v) is 2.43. The van der Waals surface area contributed by atoms with Crippen molar-refractivity contribution >= 4 is 17.5 Å². The van der Waals surface area contributed by atoms with Gasteiger partial charge in [-0.1, -0.05) is 0 Å². The normalized spacial score (nSPS) is 10.0. The van der Waals surface area contributed by atoms with Crippen LogP contribution in [0.15, 0.2) is 24.3 Å². The number of hydrogen-bond acceptors (Lipinski definition) is 4. The van der Waals surface area contributed by atoms with Crippen molar-refractivity contribution in [1.29, 1.82) is 0 Å². The molecule has 1 rings (SSSR count). The van der Waals surface area contributed by atoms with Crippen LogP contribution in [0, 0.1) is 0 Å². The maximum Gasteiger partial charge on any atom is 0.251 e. The molecule has 0 aliphatic carbocycles. The average molecular weight is 265 g/mol. The summed E-state index contributed by atoms with van der Waals surface area (Å²) in [6, 6.07) is 6.70. The second kappa shape index (κ2) is 8.23. The van der Waals surface area contributed by atoms with Crippen LogP contribution in [0.3, 0.4) is 0 Å². The molecule has 0 saturated carbocycles. The highest BCUT2D eigenvalue weighted by molar-refractivity contribution is 5.96. The Morgan fingerprint density at radius 1 is 1.21 bits per heavy atom. The summed E-state index contributed by atoms with van der Waals surface area (Å²) < 4.78 is 4.86. The highest BCUT2D eigenvalue weighted by Gasteiger charge is 2.04. The minimum atomic E-state index is -0.154. The van der Waals surface area contributed by atoms with Crippen LogP contribution >= 0.6 is 0 Å². The molecule has 6 nitrogen and oxygen atoms in total. The maximum absolute atomic E-state index is 11.6. The molecule has 6 heteroatoms. The molecule has 0 atom stereocenters. The van der Waals surface area contributed by atoms with E-state index < -0.39 is 0 Å². The molecule has 0 spiro atoms. The van der Waals surface area contributed by atoms with Gasteiger partial charge in [-0.15, -0.1) is 0 Å². The lowest BCUT2D eigenvalue weighted by atomic mass is 10.2. The Bertz CT molecular complexity index is 418. The summed E-state index contributed by atoms with van der Waals surface area (Å²) in [6.07, 6.45) is 0. The van der Waals surface area contributed by atoms with Crippen molar-refractivity contribution in [2.45, 2.75) is 0 Å². The number of anilines is 1. The summed E-state index contributed by atoms with van der Waals surface area (Å²) in [5.41, 5.74) is 1.21. The molecule has 0 bridgehead atoms. The van der Waals surface area contributed by atoms with Crippen LogP contribution < -0.4 is 16.0 Å². The van der Waals surface area contributed by atoms with Gasteiger partial charge in [-0.3, -0.25) is 9.59 Å². The number of rotatable bonds is 7. The van der Waals surface area contributed by atoms with Crippen molar-refractivity contribution in [1.82, 2.24) is 10.6 Å². The largest absolute Gasteiger partial charge is 0.383 e. The highest BCUT2D eigenvalue weighted by atomic mass is 16.5. The molecule has 0 aliphatic rings. The first kappa shape index (κ1) is 15.1. The topological polar surface area (TPSA) is 79.5 Å². The number of nitrogens with one attached hydrogen (secondary N) is 3. The molecule has 19 heavy (non-hydrogen) atoms. The van der Waals surface area contributed by atoms with E-state index in [9.17, 15) is 9.59 Å². The number of hydrogen-bond donors (Lipinski definition) is 3. The summed E-state index contributed by atoms with van der Waals surface area (Å²) in [5.74, 6) is -0.289. The molecule has 0 aliphatic heterocycles. The van der Waals surface area contributed by atoms with Gasteiger partial charge in [0.1, 0.15) is 0 Å². The number of methoxy groups -OCH3 is 1. The Labute approximate surface area is 112 Å². The van der Waals surface area contributed by atoms with Crippen LogP contribution in [-0.2, 0) is 9.53 Å². The number of benzene rings is 1. The summed E-state index contributed by atoms with van der Waals surface area (Å²) in [7, 11) is 3.18. The van der Waals surface area contributed by atoms with E-state index in [0.717, 1.165) is 0 Å². The fourth-order valence-electron chi connectivity index (χ4n) is 1.43. The smallest absolute Gasteiger partial charge is 0.251 e. The van der Waals surface area contributed by atoms with E-state index >= 15 is 0 Å². The number of ether oxygens (including phenoxy) is 1. The summed E-state index contributed by atoms with van der Waals surface area (Å²) in [4.78, 5) is 22.9. The summed E-state index contributed by atoms with van der Waals surface area (Å²) in [5, 5.41) is 8.21. The summed E-state index contributed by atoms with van der Waals surface area (Å²) in [6.45, 7) is 1.41. The number of carbonyl (C=O) groups is 2. The minimum absolute atomic E-state index is 0.135. The van der Waals surface area contributed by atoms with Gasteiger partial charge in [0.2, 0.25) is 5.91 Å². The molecule has 1 aromatic carbocycles. The van der Waals surface area contributed by atoms with Gasteiger partial charge in [0.15, 0.2) is 0 Å². The van der Waals surface area contributed by atoms with Crippen LogP contribution in [0.25, 0.3) is 0 Å². The quantitative estimate of drug-likeness (QED) is 0.616. The Kier molecular flexibility index (Phi) is 6.56. The van der Waals surface area contributed by atoms with Crippen molar-refractivity contribution < 1.29 is 14.3 Å². The molecule has 3 N–H and O–H groups in total. The molecular weight excluding hydrogens is 246 g/mol. The highest BCUT2D eigenvalue weighted by Crippen LogP contribution is 2.09. The SMILES string of the molecule is CNC(=O)c1ccc(NC(=O)CNCCOC)cc1. The lowest BCUT2D eigenvalue weighted by Crippen LogP contribution is -2.30. The van der Waals surface area contributed by atoms with Gasteiger partial charge < -0.3 is 20.7 Å².